The van der Waals surface area contributed by atoms with Crippen molar-refractivity contribution >= 4 is 6.03 Å². The molecule has 2 aromatic rings. The zero-order valence-electron chi connectivity index (χ0n) is 18.6. The second kappa shape index (κ2) is 8.87. The summed E-state index contributed by atoms with van der Waals surface area (Å²) in [7, 11) is 2.11. The van der Waals surface area contributed by atoms with E-state index < -0.39 is 0 Å². The molecule has 2 fully saturated rings. The Labute approximate surface area is 184 Å². The fourth-order valence-electron chi connectivity index (χ4n) is 4.74. The van der Waals surface area contributed by atoms with E-state index in [9.17, 15) is 9.18 Å². The molecule has 6 heteroatoms. The summed E-state index contributed by atoms with van der Waals surface area (Å²) < 4.78 is 19.0. The van der Waals surface area contributed by atoms with Gasteiger partial charge >= 0.3 is 6.03 Å². The molecule has 4 rings (SSSR count). The van der Waals surface area contributed by atoms with Gasteiger partial charge < -0.3 is 19.9 Å². The molecule has 5 nitrogen and oxygen atoms in total. The van der Waals surface area contributed by atoms with Gasteiger partial charge in [-0.15, -0.1) is 0 Å². The summed E-state index contributed by atoms with van der Waals surface area (Å²) >= 11 is 0. The number of nitrogens with one attached hydrogen (secondary N) is 1. The van der Waals surface area contributed by atoms with Crippen LogP contribution in [0.25, 0.3) is 0 Å². The standard InChI is InChI=1S/C25H32FN3O2/c1-18(2)14-31-22-10-6-20(7-11-22)13-27-24(30)29-17-25(15-28(3)16-25)23(29)12-19-4-8-21(26)9-5-19/h4-11,18,23H,12-17H2,1-3H3,(H,27,30). The third kappa shape index (κ3) is 4.85. The molecular formula is C25H32FN3O2. The molecule has 0 radical (unpaired) electrons. The fraction of sp³-hybridized carbons (Fsp3) is 0.480. The van der Waals surface area contributed by atoms with Gasteiger partial charge in [0.2, 0.25) is 0 Å². The van der Waals surface area contributed by atoms with Gasteiger partial charge in [0.25, 0.3) is 0 Å². The third-order valence-corrected chi connectivity index (χ3v) is 6.29. The number of hydrogen-bond donors (Lipinski definition) is 1. The van der Waals surface area contributed by atoms with Crippen LogP contribution < -0.4 is 10.1 Å². The maximum Gasteiger partial charge on any atom is 0.317 e. The molecule has 1 N–H and O–H groups in total. The van der Waals surface area contributed by atoms with Gasteiger partial charge in [0.05, 0.1) is 6.61 Å². The lowest BCUT2D eigenvalue weighted by Crippen LogP contribution is -2.78. The van der Waals surface area contributed by atoms with E-state index in [1.165, 1.54) is 12.1 Å². The van der Waals surface area contributed by atoms with Crippen molar-refractivity contribution in [3.8, 4) is 5.75 Å². The summed E-state index contributed by atoms with van der Waals surface area (Å²) in [6.45, 7) is 8.19. The van der Waals surface area contributed by atoms with Crippen LogP contribution in [0.5, 0.6) is 5.75 Å². The minimum absolute atomic E-state index is 0.0348. The van der Waals surface area contributed by atoms with Gasteiger partial charge in [0, 0.05) is 37.6 Å². The highest BCUT2D eigenvalue weighted by Gasteiger charge is 2.59. The monoisotopic (exact) mass is 425 g/mol. The van der Waals surface area contributed by atoms with Gasteiger partial charge in [0.1, 0.15) is 11.6 Å². The highest BCUT2D eigenvalue weighted by atomic mass is 19.1. The average Bonchev–Trinajstić information content (AvgIpc) is 2.72. The second-order valence-electron chi connectivity index (χ2n) is 9.52. The first-order valence-corrected chi connectivity index (χ1v) is 11.0. The highest BCUT2D eigenvalue weighted by molar-refractivity contribution is 5.76. The van der Waals surface area contributed by atoms with E-state index >= 15 is 0 Å². The maximum atomic E-state index is 13.3. The number of hydrogen-bond acceptors (Lipinski definition) is 3. The predicted molar refractivity (Wildman–Crippen MR) is 120 cm³/mol. The van der Waals surface area contributed by atoms with E-state index in [1.54, 1.807) is 0 Å². The fourth-order valence-corrected chi connectivity index (χ4v) is 4.74. The largest absolute Gasteiger partial charge is 0.493 e. The lowest BCUT2D eigenvalue weighted by molar-refractivity contribution is -0.134. The van der Waals surface area contributed by atoms with Crippen molar-refractivity contribution in [3.05, 3.63) is 65.5 Å². The van der Waals surface area contributed by atoms with Crippen LogP contribution in [-0.2, 0) is 13.0 Å². The Morgan fingerprint density at radius 1 is 1.10 bits per heavy atom. The van der Waals surface area contributed by atoms with Crippen LogP contribution in [0, 0.1) is 17.2 Å². The number of ether oxygens (including phenoxy) is 1. The van der Waals surface area contributed by atoms with E-state index in [2.05, 4.69) is 31.1 Å². The third-order valence-electron chi connectivity index (χ3n) is 6.29. The van der Waals surface area contributed by atoms with E-state index in [0.717, 1.165) is 42.9 Å². The Morgan fingerprint density at radius 3 is 2.35 bits per heavy atom. The van der Waals surface area contributed by atoms with Gasteiger partial charge in [-0.25, -0.2) is 9.18 Å². The van der Waals surface area contributed by atoms with Crippen LogP contribution >= 0.6 is 0 Å². The van der Waals surface area contributed by atoms with Gasteiger partial charge in [-0.05, 0) is 54.8 Å². The van der Waals surface area contributed by atoms with Gasteiger partial charge in [-0.3, -0.25) is 0 Å². The van der Waals surface area contributed by atoms with E-state index in [-0.39, 0.29) is 23.3 Å². The van der Waals surface area contributed by atoms with Gasteiger partial charge in [-0.1, -0.05) is 38.1 Å². The topological polar surface area (TPSA) is 44.8 Å². The van der Waals surface area contributed by atoms with Crippen molar-refractivity contribution in [3.63, 3.8) is 0 Å². The van der Waals surface area contributed by atoms with Crippen LogP contribution in [0.1, 0.15) is 25.0 Å². The van der Waals surface area contributed by atoms with Crippen molar-refractivity contribution in [1.82, 2.24) is 15.1 Å². The lowest BCUT2D eigenvalue weighted by atomic mass is 9.64. The van der Waals surface area contributed by atoms with Crippen LogP contribution in [0.4, 0.5) is 9.18 Å². The predicted octanol–water partition coefficient (Wildman–Crippen LogP) is 3.93. The minimum Gasteiger partial charge on any atom is -0.493 e. The first-order valence-electron chi connectivity index (χ1n) is 11.0. The Balaban J connectivity index is 1.34. The highest BCUT2D eigenvalue weighted by Crippen LogP contribution is 2.46. The molecule has 1 atom stereocenters. The summed E-state index contributed by atoms with van der Waals surface area (Å²) in [4.78, 5) is 17.2. The van der Waals surface area contributed by atoms with Crippen LogP contribution in [0.15, 0.2) is 48.5 Å². The molecule has 0 aromatic heterocycles. The Morgan fingerprint density at radius 2 is 1.74 bits per heavy atom. The Kier molecular flexibility index (Phi) is 6.19. The molecule has 0 saturated carbocycles. The van der Waals surface area contributed by atoms with Crippen LogP contribution in [0.2, 0.25) is 0 Å². The number of likely N-dealkylation sites (tertiary alicyclic amines) is 2. The lowest BCUT2D eigenvalue weighted by Gasteiger charge is -2.65. The van der Waals surface area contributed by atoms with Crippen molar-refractivity contribution in [1.29, 1.82) is 0 Å². The van der Waals surface area contributed by atoms with Crippen molar-refractivity contribution < 1.29 is 13.9 Å². The zero-order valence-corrected chi connectivity index (χ0v) is 18.6. The summed E-state index contributed by atoms with van der Waals surface area (Å²) in [6, 6.07) is 14.6. The minimum atomic E-state index is -0.231. The van der Waals surface area contributed by atoms with Crippen LogP contribution in [-0.4, -0.2) is 55.2 Å². The molecule has 0 aliphatic carbocycles. The number of carbonyl (C=O) groups is 1. The molecule has 1 unspecified atom stereocenters. The van der Waals surface area contributed by atoms with Crippen molar-refractivity contribution in [2.45, 2.75) is 32.9 Å². The second-order valence-corrected chi connectivity index (χ2v) is 9.52. The number of carbonyl (C=O) groups excluding carboxylic acids is 1. The SMILES string of the molecule is CC(C)COc1ccc(CNC(=O)N2CC3(CN(C)C3)C2Cc2ccc(F)cc2)cc1. The van der Waals surface area contributed by atoms with Gasteiger partial charge in [-0.2, -0.15) is 0 Å². The van der Waals surface area contributed by atoms with Crippen LogP contribution in [0.3, 0.4) is 0 Å². The Hall–Kier alpha value is -2.60. The first kappa shape index (κ1) is 21.6. The smallest absolute Gasteiger partial charge is 0.317 e. The quantitative estimate of drug-likeness (QED) is 0.731. The summed E-state index contributed by atoms with van der Waals surface area (Å²) in [6.07, 6.45) is 0.753. The maximum absolute atomic E-state index is 13.3. The number of halogens is 1. The van der Waals surface area contributed by atoms with Crippen molar-refractivity contribution in [2.75, 3.05) is 33.3 Å². The van der Waals surface area contributed by atoms with Gasteiger partial charge in [0.15, 0.2) is 0 Å². The molecule has 1 spiro atoms. The molecule has 2 heterocycles. The molecule has 0 bridgehead atoms. The number of nitrogens with zero attached hydrogens (tertiary/aromatic N) is 2. The molecule has 31 heavy (non-hydrogen) atoms. The number of urea groups is 1. The van der Waals surface area contributed by atoms with E-state index in [0.29, 0.717) is 19.1 Å². The van der Waals surface area contributed by atoms with E-state index in [1.807, 2.05) is 41.3 Å². The number of amides is 2. The van der Waals surface area contributed by atoms with Crippen molar-refractivity contribution in [2.24, 2.45) is 11.3 Å². The molecule has 2 aliphatic heterocycles. The number of benzene rings is 2. The molecule has 2 aliphatic rings. The van der Waals surface area contributed by atoms with E-state index in [4.69, 9.17) is 4.74 Å². The summed E-state index contributed by atoms with van der Waals surface area (Å²) in [5.41, 5.74) is 2.27. The molecule has 2 aromatic carbocycles. The average molecular weight is 426 g/mol. The molecular weight excluding hydrogens is 393 g/mol. The Bertz CT molecular complexity index is 892. The molecule has 2 saturated heterocycles. The molecule has 2 amide bonds. The first-order chi connectivity index (χ1) is 14.8. The summed E-state index contributed by atoms with van der Waals surface area (Å²) in [5, 5.41) is 3.07. The zero-order chi connectivity index (χ0) is 22.0. The molecule has 166 valence electrons. The summed E-state index contributed by atoms with van der Waals surface area (Å²) in [5.74, 6) is 1.10. The number of rotatable bonds is 7. The normalized spacial score (nSPS) is 19.8.